The fourth-order valence-electron chi connectivity index (χ4n) is 3.24. The first kappa shape index (κ1) is 18.3. The number of hydrogen-bond donors (Lipinski definition) is 1. The minimum Gasteiger partial charge on any atom is -0.481 e. The number of amides is 1. The number of alkyl halides is 3. The Labute approximate surface area is 138 Å². The molecule has 1 amide bonds. The summed E-state index contributed by atoms with van der Waals surface area (Å²) in [6, 6.07) is 8.84. The van der Waals surface area contributed by atoms with Crippen LogP contribution >= 0.6 is 0 Å². The second-order valence-corrected chi connectivity index (χ2v) is 6.47. The Morgan fingerprint density at radius 3 is 2.17 bits per heavy atom. The molecule has 3 atom stereocenters. The standard InChI is InChI=1S/C17H20F3NO3/c1-10(2)14(11-6-4-3-5-7-11)15(22)21-8-12(16(23)24)13(9-21)17(18,19)20/h3-7,10,12-14H,8-9H2,1-2H3,(H,23,24)/t12-,13-,14?/m1/s1. The third-order valence-corrected chi connectivity index (χ3v) is 4.46. The van der Waals surface area contributed by atoms with Gasteiger partial charge in [0.2, 0.25) is 5.91 Å². The molecule has 24 heavy (non-hydrogen) atoms. The van der Waals surface area contributed by atoms with Gasteiger partial charge in [-0.25, -0.2) is 0 Å². The number of carbonyl (C=O) groups excluding carboxylic acids is 1. The first-order valence-electron chi connectivity index (χ1n) is 7.76. The van der Waals surface area contributed by atoms with Crippen LogP contribution in [0.4, 0.5) is 13.2 Å². The molecule has 0 aliphatic carbocycles. The fraction of sp³-hybridized carbons (Fsp3) is 0.529. The molecule has 1 aromatic rings. The molecule has 1 unspecified atom stereocenters. The van der Waals surface area contributed by atoms with Crippen LogP contribution in [-0.4, -0.2) is 41.1 Å². The maximum atomic E-state index is 13.1. The first-order chi connectivity index (χ1) is 11.1. The van der Waals surface area contributed by atoms with Crippen LogP contribution in [0.5, 0.6) is 0 Å². The smallest absolute Gasteiger partial charge is 0.394 e. The van der Waals surface area contributed by atoms with Crippen LogP contribution in [0.15, 0.2) is 30.3 Å². The first-order valence-corrected chi connectivity index (χ1v) is 7.76. The number of halogens is 3. The van der Waals surface area contributed by atoms with Gasteiger partial charge in [0.15, 0.2) is 0 Å². The Morgan fingerprint density at radius 2 is 1.75 bits per heavy atom. The summed E-state index contributed by atoms with van der Waals surface area (Å²) in [5.74, 6) is -6.32. The third kappa shape index (κ3) is 3.71. The van der Waals surface area contributed by atoms with Crippen molar-refractivity contribution in [3.05, 3.63) is 35.9 Å². The Hall–Kier alpha value is -2.05. The Bertz CT molecular complexity index is 601. The summed E-state index contributed by atoms with van der Waals surface area (Å²) in [5.41, 5.74) is 0.722. The number of carboxylic acids is 1. The van der Waals surface area contributed by atoms with Gasteiger partial charge in [-0.05, 0) is 11.5 Å². The molecule has 1 aromatic carbocycles. The van der Waals surface area contributed by atoms with Crippen molar-refractivity contribution in [3.8, 4) is 0 Å². The molecule has 0 saturated carbocycles. The summed E-state index contributed by atoms with van der Waals surface area (Å²) in [4.78, 5) is 25.0. The lowest BCUT2D eigenvalue weighted by Gasteiger charge is -2.26. The van der Waals surface area contributed by atoms with Gasteiger partial charge >= 0.3 is 12.1 Å². The molecule has 0 radical (unpaired) electrons. The van der Waals surface area contributed by atoms with Crippen LogP contribution < -0.4 is 0 Å². The predicted molar refractivity (Wildman–Crippen MR) is 81.3 cm³/mol. The van der Waals surface area contributed by atoms with Crippen LogP contribution in [0.25, 0.3) is 0 Å². The number of hydrogen-bond acceptors (Lipinski definition) is 2. The molecule has 0 bridgehead atoms. The molecule has 132 valence electrons. The molecule has 1 aliphatic heterocycles. The van der Waals surface area contributed by atoms with Gasteiger partial charge in [-0.3, -0.25) is 9.59 Å². The lowest BCUT2D eigenvalue weighted by molar-refractivity contribution is -0.188. The largest absolute Gasteiger partial charge is 0.481 e. The van der Waals surface area contributed by atoms with Crippen LogP contribution in [0.1, 0.15) is 25.3 Å². The highest BCUT2D eigenvalue weighted by molar-refractivity contribution is 5.85. The topological polar surface area (TPSA) is 57.6 Å². The molecule has 4 nitrogen and oxygen atoms in total. The Balaban J connectivity index is 2.27. The minimum absolute atomic E-state index is 0.117. The van der Waals surface area contributed by atoms with E-state index in [0.717, 1.165) is 10.5 Å². The SMILES string of the molecule is CC(C)C(C(=O)N1C[C@@H](C(F)(F)F)[C@H](C(=O)O)C1)c1ccccc1. The summed E-state index contributed by atoms with van der Waals surface area (Å²) >= 11 is 0. The second-order valence-electron chi connectivity index (χ2n) is 6.47. The maximum absolute atomic E-state index is 13.1. The van der Waals surface area contributed by atoms with E-state index in [1.807, 2.05) is 13.8 Å². The van der Waals surface area contributed by atoms with Crippen LogP contribution in [0.3, 0.4) is 0 Å². The van der Waals surface area contributed by atoms with Gasteiger partial charge < -0.3 is 10.0 Å². The van der Waals surface area contributed by atoms with Crippen molar-refractivity contribution in [1.29, 1.82) is 0 Å². The summed E-state index contributed by atoms with van der Waals surface area (Å²) < 4.78 is 39.3. The minimum atomic E-state index is -4.64. The monoisotopic (exact) mass is 343 g/mol. The van der Waals surface area contributed by atoms with E-state index in [1.54, 1.807) is 30.3 Å². The Morgan fingerprint density at radius 1 is 1.17 bits per heavy atom. The van der Waals surface area contributed by atoms with E-state index in [1.165, 1.54) is 0 Å². The summed E-state index contributed by atoms with van der Waals surface area (Å²) in [7, 11) is 0. The van der Waals surface area contributed by atoms with Crippen LogP contribution in [0.2, 0.25) is 0 Å². The van der Waals surface area contributed by atoms with Crippen LogP contribution in [0, 0.1) is 17.8 Å². The highest BCUT2D eigenvalue weighted by Crippen LogP contribution is 2.39. The summed E-state index contributed by atoms with van der Waals surface area (Å²) in [5, 5.41) is 9.07. The molecule has 1 aliphatic rings. The molecule has 1 N–H and O–H groups in total. The van der Waals surface area contributed by atoms with Crippen molar-refractivity contribution >= 4 is 11.9 Å². The molecule has 0 aromatic heterocycles. The average molecular weight is 343 g/mol. The van der Waals surface area contributed by atoms with Crippen molar-refractivity contribution in [2.45, 2.75) is 25.9 Å². The van der Waals surface area contributed by atoms with E-state index < -0.39 is 48.9 Å². The number of likely N-dealkylation sites (tertiary alicyclic amines) is 1. The molecule has 1 saturated heterocycles. The Kier molecular flexibility index (Phi) is 5.20. The van der Waals surface area contributed by atoms with Gasteiger partial charge in [0, 0.05) is 13.1 Å². The summed E-state index contributed by atoms with van der Waals surface area (Å²) in [6.07, 6.45) is -4.64. The van der Waals surface area contributed by atoms with Gasteiger partial charge in [0.05, 0.1) is 17.8 Å². The molecule has 1 fully saturated rings. The normalized spacial score (nSPS) is 22.7. The third-order valence-electron chi connectivity index (χ3n) is 4.46. The molecule has 7 heteroatoms. The highest BCUT2D eigenvalue weighted by atomic mass is 19.4. The van der Waals surface area contributed by atoms with E-state index in [0.29, 0.717) is 0 Å². The average Bonchev–Trinajstić information content (AvgIpc) is 2.93. The number of aliphatic carboxylic acids is 1. The van der Waals surface area contributed by atoms with E-state index in [-0.39, 0.29) is 5.92 Å². The van der Waals surface area contributed by atoms with Gasteiger partial charge in [0.1, 0.15) is 0 Å². The van der Waals surface area contributed by atoms with Crippen LogP contribution in [-0.2, 0) is 9.59 Å². The second kappa shape index (κ2) is 6.83. The lowest BCUT2D eigenvalue weighted by atomic mass is 9.87. The number of benzene rings is 1. The van der Waals surface area contributed by atoms with Gasteiger partial charge in [-0.2, -0.15) is 13.2 Å². The quantitative estimate of drug-likeness (QED) is 0.914. The van der Waals surface area contributed by atoms with E-state index in [4.69, 9.17) is 5.11 Å². The number of nitrogens with zero attached hydrogens (tertiary/aromatic N) is 1. The molecule has 2 rings (SSSR count). The fourth-order valence-corrected chi connectivity index (χ4v) is 3.24. The zero-order chi connectivity index (χ0) is 18.1. The van der Waals surface area contributed by atoms with E-state index in [2.05, 4.69) is 0 Å². The molecular weight excluding hydrogens is 323 g/mol. The predicted octanol–water partition coefficient (Wildman–Crippen LogP) is 3.15. The maximum Gasteiger partial charge on any atom is 0.394 e. The van der Waals surface area contributed by atoms with Gasteiger partial charge in [-0.1, -0.05) is 44.2 Å². The molecule has 0 spiro atoms. The van der Waals surface area contributed by atoms with Crippen molar-refractivity contribution < 1.29 is 27.9 Å². The zero-order valence-corrected chi connectivity index (χ0v) is 13.5. The molecular formula is C17H20F3NO3. The van der Waals surface area contributed by atoms with Gasteiger partial charge in [0.25, 0.3) is 0 Å². The zero-order valence-electron chi connectivity index (χ0n) is 13.5. The highest BCUT2D eigenvalue weighted by Gasteiger charge is 2.54. The lowest BCUT2D eigenvalue weighted by Crippen LogP contribution is -2.37. The van der Waals surface area contributed by atoms with Crippen molar-refractivity contribution in [1.82, 2.24) is 4.90 Å². The summed E-state index contributed by atoms with van der Waals surface area (Å²) in [6.45, 7) is 2.63. The number of rotatable bonds is 4. The number of carbonyl (C=O) groups is 2. The number of carboxylic acid groups (broad SMARTS) is 1. The van der Waals surface area contributed by atoms with Crippen molar-refractivity contribution in [2.24, 2.45) is 17.8 Å². The van der Waals surface area contributed by atoms with Crippen molar-refractivity contribution in [2.75, 3.05) is 13.1 Å². The van der Waals surface area contributed by atoms with E-state index >= 15 is 0 Å². The van der Waals surface area contributed by atoms with Crippen molar-refractivity contribution in [3.63, 3.8) is 0 Å². The molecule has 1 heterocycles. The van der Waals surface area contributed by atoms with Gasteiger partial charge in [-0.15, -0.1) is 0 Å². The van der Waals surface area contributed by atoms with E-state index in [9.17, 15) is 22.8 Å².